The Morgan fingerprint density at radius 3 is 3.14 bits per heavy atom. The molecular formula is C8H9N5S. The molecule has 0 bridgehead atoms. The van der Waals surface area contributed by atoms with E-state index in [9.17, 15) is 0 Å². The molecule has 0 radical (unpaired) electrons. The maximum absolute atomic E-state index is 5.59. The lowest BCUT2D eigenvalue weighted by molar-refractivity contribution is 0.962. The van der Waals surface area contributed by atoms with Gasteiger partial charge in [-0.15, -0.1) is 0 Å². The van der Waals surface area contributed by atoms with Crippen molar-refractivity contribution in [2.75, 3.05) is 0 Å². The largest absolute Gasteiger partial charge is 0.326 e. The fraction of sp³-hybridized carbons (Fsp3) is 0.125. The van der Waals surface area contributed by atoms with Crippen molar-refractivity contribution in [3.05, 3.63) is 30.4 Å². The number of hydrogen-bond donors (Lipinski definition) is 2. The van der Waals surface area contributed by atoms with Crippen LogP contribution in [0.5, 0.6) is 0 Å². The van der Waals surface area contributed by atoms with E-state index >= 15 is 0 Å². The van der Waals surface area contributed by atoms with Crippen molar-refractivity contribution in [1.29, 1.82) is 0 Å². The number of aromatic nitrogens is 4. The molecule has 0 fully saturated rings. The standard InChI is InChI=1S/C8H9N5S/c9-3-6-1-2-10-4-7(6)14-8-11-5-12-13-8/h1-2,4-5H,3,9H2,(H,11,12,13). The maximum Gasteiger partial charge on any atom is 0.188 e. The van der Waals surface area contributed by atoms with Crippen molar-refractivity contribution < 1.29 is 0 Å². The molecule has 0 amide bonds. The first kappa shape index (κ1) is 9.17. The Kier molecular flexibility index (Phi) is 2.76. The van der Waals surface area contributed by atoms with Crippen LogP contribution < -0.4 is 5.73 Å². The highest BCUT2D eigenvalue weighted by molar-refractivity contribution is 7.99. The molecule has 14 heavy (non-hydrogen) atoms. The normalized spacial score (nSPS) is 10.4. The van der Waals surface area contributed by atoms with Crippen molar-refractivity contribution >= 4 is 11.8 Å². The van der Waals surface area contributed by atoms with Crippen LogP contribution >= 0.6 is 11.8 Å². The summed E-state index contributed by atoms with van der Waals surface area (Å²) in [6.07, 6.45) is 4.98. The molecule has 2 aromatic heterocycles. The molecule has 2 heterocycles. The van der Waals surface area contributed by atoms with Gasteiger partial charge in [0.05, 0.1) is 0 Å². The van der Waals surface area contributed by atoms with Gasteiger partial charge in [0.15, 0.2) is 5.16 Å². The van der Waals surface area contributed by atoms with Crippen LogP contribution in [-0.2, 0) is 6.54 Å². The van der Waals surface area contributed by atoms with Gasteiger partial charge in [-0.05, 0) is 23.4 Å². The molecule has 0 aromatic carbocycles. The lowest BCUT2D eigenvalue weighted by Crippen LogP contribution is -1.98. The Hall–Kier alpha value is -1.40. The molecular weight excluding hydrogens is 198 g/mol. The van der Waals surface area contributed by atoms with Crippen molar-refractivity contribution in [2.24, 2.45) is 5.73 Å². The van der Waals surface area contributed by atoms with E-state index in [0.717, 1.165) is 15.6 Å². The van der Waals surface area contributed by atoms with Crippen molar-refractivity contribution in [2.45, 2.75) is 16.6 Å². The molecule has 0 atom stereocenters. The molecule has 2 aromatic rings. The minimum Gasteiger partial charge on any atom is -0.326 e. The van der Waals surface area contributed by atoms with Crippen LogP contribution in [0.15, 0.2) is 34.8 Å². The highest BCUT2D eigenvalue weighted by Gasteiger charge is 2.04. The van der Waals surface area contributed by atoms with E-state index in [4.69, 9.17) is 5.73 Å². The zero-order chi connectivity index (χ0) is 9.80. The van der Waals surface area contributed by atoms with Crippen molar-refractivity contribution in [3.63, 3.8) is 0 Å². The van der Waals surface area contributed by atoms with Crippen LogP contribution in [0, 0.1) is 0 Å². The Bertz CT molecular complexity index is 400. The monoisotopic (exact) mass is 207 g/mol. The third-order valence-electron chi connectivity index (χ3n) is 1.69. The van der Waals surface area contributed by atoms with E-state index in [1.807, 2.05) is 6.07 Å². The average Bonchev–Trinajstić information content (AvgIpc) is 2.71. The van der Waals surface area contributed by atoms with Gasteiger partial charge >= 0.3 is 0 Å². The Labute approximate surface area is 85.2 Å². The van der Waals surface area contributed by atoms with Gasteiger partial charge in [0.25, 0.3) is 0 Å². The molecule has 2 rings (SSSR count). The van der Waals surface area contributed by atoms with Gasteiger partial charge in [-0.3, -0.25) is 10.1 Å². The number of pyridine rings is 1. The number of aromatic amines is 1. The van der Waals surface area contributed by atoms with Crippen LogP contribution in [0.1, 0.15) is 5.56 Å². The molecule has 0 aliphatic rings. The fourth-order valence-electron chi connectivity index (χ4n) is 1.02. The highest BCUT2D eigenvalue weighted by Crippen LogP contribution is 2.26. The summed E-state index contributed by atoms with van der Waals surface area (Å²) in [7, 11) is 0. The Morgan fingerprint density at radius 1 is 1.50 bits per heavy atom. The molecule has 0 unspecified atom stereocenters. The smallest absolute Gasteiger partial charge is 0.188 e. The number of rotatable bonds is 3. The number of H-pyrrole nitrogens is 1. The second-order valence-corrected chi connectivity index (χ2v) is 3.61. The predicted molar refractivity (Wildman–Crippen MR) is 52.6 cm³/mol. The lowest BCUT2D eigenvalue weighted by Gasteiger charge is -2.02. The van der Waals surface area contributed by atoms with E-state index < -0.39 is 0 Å². The van der Waals surface area contributed by atoms with Gasteiger partial charge in [0, 0.05) is 23.8 Å². The molecule has 0 saturated carbocycles. The second-order valence-electron chi connectivity index (χ2n) is 2.58. The van der Waals surface area contributed by atoms with Gasteiger partial charge in [-0.1, -0.05) is 0 Å². The average molecular weight is 207 g/mol. The minimum atomic E-state index is 0.499. The van der Waals surface area contributed by atoms with Crippen LogP contribution in [0.4, 0.5) is 0 Å². The summed E-state index contributed by atoms with van der Waals surface area (Å²) in [6, 6.07) is 1.90. The third-order valence-corrected chi connectivity index (χ3v) is 2.67. The highest BCUT2D eigenvalue weighted by atomic mass is 32.2. The van der Waals surface area contributed by atoms with Crippen LogP contribution in [0.25, 0.3) is 0 Å². The molecule has 3 N–H and O–H groups in total. The van der Waals surface area contributed by atoms with Gasteiger partial charge in [-0.25, -0.2) is 4.98 Å². The fourth-order valence-corrected chi connectivity index (χ4v) is 1.82. The van der Waals surface area contributed by atoms with Crippen molar-refractivity contribution in [1.82, 2.24) is 20.2 Å². The third kappa shape index (κ3) is 1.91. The van der Waals surface area contributed by atoms with E-state index in [1.165, 1.54) is 18.1 Å². The number of nitrogens with two attached hydrogens (primary N) is 1. The summed E-state index contributed by atoms with van der Waals surface area (Å²) in [5, 5.41) is 7.28. The zero-order valence-corrected chi connectivity index (χ0v) is 8.16. The second kappa shape index (κ2) is 4.21. The summed E-state index contributed by atoms with van der Waals surface area (Å²) in [6.45, 7) is 0.499. The molecule has 0 aliphatic heterocycles. The summed E-state index contributed by atoms with van der Waals surface area (Å²) < 4.78 is 0. The SMILES string of the molecule is NCc1ccncc1Sc1ncn[nH]1. The van der Waals surface area contributed by atoms with Gasteiger partial charge < -0.3 is 5.73 Å². The van der Waals surface area contributed by atoms with E-state index in [-0.39, 0.29) is 0 Å². The molecule has 0 aliphatic carbocycles. The van der Waals surface area contributed by atoms with E-state index in [2.05, 4.69) is 20.2 Å². The molecule has 5 nitrogen and oxygen atoms in total. The molecule has 0 saturated heterocycles. The Balaban J connectivity index is 2.24. The van der Waals surface area contributed by atoms with Crippen molar-refractivity contribution in [3.8, 4) is 0 Å². The first-order chi connectivity index (χ1) is 6.90. The van der Waals surface area contributed by atoms with Crippen LogP contribution in [-0.4, -0.2) is 20.2 Å². The lowest BCUT2D eigenvalue weighted by atomic mass is 10.3. The minimum absolute atomic E-state index is 0.499. The summed E-state index contributed by atoms with van der Waals surface area (Å²) in [5.41, 5.74) is 6.65. The Morgan fingerprint density at radius 2 is 2.43 bits per heavy atom. The number of nitrogens with one attached hydrogen (secondary N) is 1. The number of nitrogens with zero attached hydrogens (tertiary/aromatic N) is 3. The predicted octanol–water partition coefficient (Wildman–Crippen LogP) is 0.810. The topological polar surface area (TPSA) is 80.5 Å². The summed E-state index contributed by atoms with van der Waals surface area (Å²) in [4.78, 5) is 9.06. The van der Waals surface area contributed by atoms with Gasteiger partial charge in [0.1, 0.15) is 6.33 Å². The number of hydrogen-bond acceptors (Lipinski definition) is 5. The van der Waals surface area contributed by atoms with E-state index in [1.54, 1.807) is 12.4 Å². The maximum atomic E-state index is 5.59. The first-order valence-electron chi connectivity index (χ1n) is 4.06. The zero-order valence-electron chi connectivity index (χ0n) is 7.34. The van der Waals surface area contributed by atoms with Crippen LogP contribution in [0.2, 0.25) is 0 Å². The molecule has 6 heteroatoms. The first-order valence-corrected chi connectivity index (χ1v) is 4.88. The molecule has 72 valence electrons. The van der Waals surface area contributed by atoms with E-state index in [0.29, 0.717) is 6.54 Å². The molecule has 0 spiro atoms. The quantitative estimate of drug-likeness (QED) is 0.778. The summed E-state index contributed by atoms with van der Waals surface area (Å²) in [5.74, 6) is 0. The summed E-state index contributed by atoms with van der Waals surface area (Å²) >= 11 is 1.47. The van der Waals surface area contributed by atoms with Gasteiger partial charge in [-0.2, -0.15) is 5.10 Å². The van der Waals surface area contributed by atoms with Crippen LogP contribution in [0.3, 0.4) is 0 Å². The van der Waals surface area contributed by atoms with Gasteiger partial charge in [0.2, 0.25) is 0 Å².